The summed E-state index contributed by atoms with van der Waals surface area (Å²) in [6.07, 6.45) is 16.6. The maximum atomic E-state index is 6.25. The molecule has 0 unspecified atom stereocenters. The summed E-state index contributed by atoms with van der Waals surface area (Å²) in [6, 6.07) is 10.4. The molecule has 1 aromatic carbocycles. The lowest BCUT2D eigenvalue weighted by molar-refractivity contribution is -0.134. The zero-order valence-corrected chi connectivity index (χ0v) is 16.7. The Labute approximate surface area is 161 Å². The molecule has 2 nitrogen and oxygen atoms in total. The third kappa shape index (κ3) is 8.05. The van der Waals surface area contributed by atoms with Gasteiger partial charge in [-0.05, 0) is 24.8 Å². The number of ether oxygens (including phenoxy) is 2. The lowest BCUT2D eigenvalue weighted by atomic mass is 9.96. The summed E-state index contributed by atoms with van der Waals surface area (Å²) in [5, 5.41) is 0. The first-order valence-electron chi connectivity index (χ1n) is 10.8. The van der Waals surface area contributed by atoms with Gasteiger partial charge in [-0.2, -0.15) is 0 Å². The lowest BCUT2D eigenvalue weighted by Crippen LogP contribution is -2.39. The molecule has 0 N–H and O–H groups in total. The summed E-state index contributed by atoms with van der Waals surface area (Å²) in [7, 11) is 0. The SMILES string of the molecule is C=C[C@@H]1CC[C@H](OCc2ccccc2)[C@H](CCCCCCCCCC)O1. The first kappa shape index (κ1) is 21.2. The molecule has 0 bridgehead atoms. The Morgan fingerprint density at radius 2 is 1.69 bits per heavy atom. The predicted molar refractivity (Wildman–Crippen MR) is 110 cm³/mol. The van der Waals surface area contributed by atoms with Crippen LogP contribution in [-0.2, 0) is 16.1 Å². The Bertz CT molecular complexity index is 470. The van der Waals surface area contributed by atoms with E-state index in [0.717, 1.165) is 19.3 Å². The average molecular weight is 359 g/mol. The summed E-state index contributed by atoms with van der Waals surface area (Å²) in [5.74, 6) is 0. The highest BCUT2D eigenvalue weighted by molar-refractivity contribution is 5.13. The molecular formula is C24H38O2. The van der Waals surface area contributed by atoms with Crippen molar-refractivity contribution in [2.75, 3.05) is 0 Å². The van der Waals surface area contributed by atoms with Crippen molar-refractivity contribution in [1.82, 2.24) is 0 Å². The van der Waals surface area contributed by atoms with Crippen molar-refractivity contribution in [2.45, 2.75) is 102 Å². The van der Waals surface area contributed by atoms with Gasteiger partial charge in [-0.1, -0.05) is 94.7 Å². The minimum atomic E-state index is 0.200. The van der Waals surface area contributed by atoms with E-state index >= 15 is 0 Å². The largest absolute Gasteiger partial charge is 0.371 e. The lowest BCUT2D eigenvalue weighted by Gasteiger charge is -2.35. The van der Waals surface area contributed by atoms with Gasteiger partial charge in [0.25, 0.3) is 0 Å². The Morgan fingerprint density at radius 1 is 1.00 bits per heavy atom. The molecule has 146 valence electrons. The zero-order valence-electron chi connectivity index (χ0n) is 16.7. The summed E-state index contributed by atoms with van der Waals surface area (Å²) in [4.78, 5) is 0. The van der Waals surface area contributed by atoms with Crippen LogP contribution in [0.15, 0.2) is 43.0 Å². The Morgan fingerprint density at radius 3 is 2.38 bits per heavy atom. The van der Waals surface area contributed by atoms with E-state index in [1.165, 1.54) is 56.9 Å². The van der Waals surface area contributed by atoms with Gasteiger partial charge in [0.2, 0.25) is 0 Å². The van der Waals surface area contributed by atoms with E-state index in [-0.39, 0.29) is 18.3 Å². The average Bonchev–Trinajstić information content (AvgIpc) is 2.69. The van der Waals surface area contributed by atoms with Crippen molar-refractivity contribution >= 4 is 0 Å². The van der Waals surface area contributed by atoms with Crippen molar-refractivity contribution in [3.8, 4) is 0 Å². The topological polar surface area (TPSA) is 18.5 Å². The van der Waals surface area contributed by atoms with Crippen LogP contribution in [0.3, 0.4) is 0 Å². The van der Waals surface area contributed by atoms with Crippen LogP contribution < -0.4 is 0 Å². The molecule has 0 amide bonds. The zero-order chi connectivity index (χ0) is 18.5. The Kier molecular flexibility index (Phi) is 10.7. The maximum Gasteiger partial charge on any atom is 0.0844 e. The highest BCUT2D eigenvalue weighted by Crippen LogP contribution is 2.27. The standard InChI is InChI=1S/C24H38O2/c1-3-5-6-7-8-9-10-14-17-24-23(19-18-22(4-2)26-24)25-20-21-15-12-11-13-16-21/h4,11-13,15-16,22-24H,2-3,5-10,14,17-20H2,1H3/t22-,23+,24+/m1/s1. The Balaban J connectivity index is 1.69. The second kappa shape index (κ2) is 13.1. The molecule has 0 aliphatic carbocycles. The molecule has 1 fully saturated rings. The van der Waals surface area contributed by atoms with Gasteiger partial charge in [-0.25, -0.2) is 0 Å². The van der Waals surface area contributed by atoms with E-state index in [1.807, 2.05) is 12.1 Å². The molecule has 1 heterocycles. The van der Waals surface area contributed by atoms with E-state index < -0.39 is 0 Å². The second-order valence-corrected chi connectivity index (χ2v) is 7.62. The van der Waals surface area contributed by atoms with E-state index in [9.17, 15) is 0 Å². The fraction of sp³-hybridized carbons (Fsp3) is 0.667. The number of rotatable bonds is 13. The van der Waals surface area contributed by atoms with E-state index in [0.29, 0.717) is 6.61 Å². The van der Waals surface area contributed by atoms with Crippen molar-refractivity contribution in [2.24, 2.45) is 0 Å². The molecule has 2 heteroatoms. The van der Waals surface area contributed by atoms with Crippen LogP contribution in [0.2, 0.25) is 0 Å². The smallest absolute Gasteiger partial charge is 0.0844 e. The van der Waals surface area contributed by atoms with Gasteiger partial charge >= 0.3 is 0 Å². The van der Waals surface area contributed by atoms with Crippen molar-refractivity contribution < 1.29 is 9.47 Å². The monoisotopic (exact) mass is 358 g/mol. The second-order valence-electron chi connectivity index (χ2n) is 7.62. The highest BCUT2D eigenvalue weighted by Gasteiger charge is 2.30. The minimum absolute atomic E-state index is 0.200. The van der Waals surface area contributed by atoms with Crippen molar-refractivity contribution in [3.05, 3.63) is 48.6 Å². The number of hydrogen-bond donors (Lipinski definition) is 0. The van der Waals surface area contributed by atoms with Gasteiger partial charge in [0.15, 0.2) is 0 Å². The molecule has 0 spiro atoms. The van der Waals surface area contributed by atoms with Crippen LogP contribution in [0.1, 0.15) is 83.1 Å². The van der Waals surface area contributed by atoms with Crippen LogP contribution in [0.5, 0.6) is 0 Å². The van der Waals surface area contributed by atoms with Gasteiger partial charge in [0, 0.05) is 0 Å². The van der Waals surface area contributed by atoms with E-state index in [1.54, 1.807) is 0 Å². The molecule has 0 radical (unpaired) electrons. The van der Waals surface area contributed by atoms with E-state index in [2.05, 4.69) is 37.8 Å². The van der Waals surface area contributed by atoms with Crippen LogP contribution in [-0.4, -0.2) is 18.3 Å². The quantitative estimate of drug-likeness (QED) is 0.284. The molecule has 1 saturated heterocycles. The molecule has 26 heavy (non-hydrogen) atoms. The third-order valence-electron chi connectivity index (χ3n) is 5.41. The van der Waals surface area contributed by atoms with Crippen LogP contribution in [0.4, 0.5) is 0 Å². The van der Waals surface area contributed by atoms with Gasteiger partial charge in [-0.3, -0.25) is 0 Å². The first-order valence-corrected chi connectivity index (χ1v) is 10.8. The summed E-state index contributed by atoms with van der Waals surface area (Å²) >= 11 is 0. The Hall–Kier alpha value is -1.12. The maximum absolute atomic E-state index is 6.25. The van der Waals surface area contributed by atoms with Crippen molar-refractivity contribution in [3.63, 3.8) is 0 Å². The molecular weight excluding hydrogens is 320 g/mol. The molecule has 2 rings (SSSR count). The number of unbranched alkanes of at least 4 members (excludes halogenated alkanes) is 7. The van der Waals surface area contributed by atoms with Crippen LogP contribution in [0.25, 0.3) is 0 Å². The molecule has 1 aromatic rings. The van der Waals surface area contributed by atoms with Crippen LogP contribution in [0, 0.1) is 0 Å². The summed E-state index contributed by atoms with van der Waals surface area (Å²) in [5.41, 5.74) is 1.24. The van der Waals surface area contributed by atoms with Gasteiger partial charge in [0.05, 0.1) is 24.9 Å². The fourth-order valence-corrected chi connectivity index (χ4v) is 3.77. The van der Waals surface area contributed by atoms with Gasteiger partial charge in [0.1, 0.15) is 0 Å². The molecule has 1 aliphatic heterocycles. The van der Waals surface area contributed by atoms with Gasteiger partial charge in [-0.15, -0.1) is 6.58 Å². The molecule has 3 atom stereocenters. The highest BCUT2D eigenvalue weighted by atomic mass is 16.5. The van der Waals surface area contributed by atoms with Gasteiger partial charge < -0.3 is 9.47 Å². The molecule has 0 saturated carbocycles. The summed E-state index contributed by atoms with van der Waals surface area (Å²) < 4.78 is 12.5. The fourth-order valence-electron chi connectivity index (χ4n) is 3.77. The number of hydrogen-bond acceptors (Lipinski definition) is 2. The first-order chi connectivity index (χ1) is 12.8. The third-order valence-corrected chi connectivity index (χ3v) is 5.41. The molecule has 0 aromatic heterocycles. The number of benzene rings is 1. The molecule has 1 aliphatic rings. The van der Waals surface area contributed by atoms with E-state index in [4.69, 9.17) is 9.47 Å². The van der Waals surface area contributed by atoms with Crippen molar-refractivity contribution in [1.29, 1.82) is 0 Å². The normalized spacial score (nSPS) is 23.0. The predicted octanol–water partition coefficient (Wildman–Crippen LogP) is 6.84. The van der Waals surface area contributed by atoms with Crippen LogP contribution >= 0.6 is 0 Å². The minimum Gasteiger partial charge on any atom is -0.371 e. The summed E-state index contributed by atoms with van der Waals surface area (Å²) in [6.45, 7) is 6.87.